The van der Waals surface area contributed by atoms with Gasteiger partial charge in [-0.2, -0.15) is 0 Å². The molecule has 1 aromatic carbocycles. The minimum absolute atomic E-state index is 0.292. The third-order valence-electron chi connectivity index (χ3n) is 2.36. The first-order chi connectivity index (χ1) is 7.88. The van der Waals surface area contributed by atoms with Gasteiger partial charge in [0.05, 0.1) is 0 Å². The van der Waals surface area contributed by atoms with Gasteiger partial charge in [0, 0.05) is 6.42 Å². The lowest BCUT2D eigenvalue weighted by atomic mass is 10.0. The quantitative estimate of drug-likeness (QED) is 0.844. The van der Waals surface area contributed by atoms with E-state index in [9.17, 15) is 9.90 Å². The molecule has 3 nitrogen and oxygen atoms in total. The molecule has 2 N–H and O–H groups in total. The molecule has 3 heteroatoms. The summed E-state index contributed by atoms with van der Waals surface area (Å²) in [7, 11) is 0. The highest BCUT2D eigenvalue weighted by Crippen LogP contribution is 2.22. The molecule has 0 bridgehead atoms. The molecule has 1 rings (SSSR count). The van der Waals surface area contributed by atoms with E-state index in [4.69, 9.17) is 5.11 Å². The van der Waals surface area contributed by atoms with Crippen molar-refractivity contribution in [3.8, 4) is 5.75 Å². The summed E-state index contributed by atoms with van der Waals surface area (Å²) in [6.07, 6.45) is 1.02. The number of rotatable bonds is 3. The van der Waals surface area contributed by atoms with Crippen molar-refractivity contribution < 1.29 is 15.0 Å². The van der Waals surface area contributed by atoms with Crippen molar-refractivity contribution in [1.82, 2.24) is 0 Å². The fourth-order valence-corrected chi connectivity index (χ4v) is 1.20. The molecular formula is C14H22O3. The van der Waals surface area contributed by atoms with Gasteiger partial charge in [-0.05, 0) is 36.5 Å². The highest BCUT2D eigenvalue weighted by atomic mass is 16.4. The third-order valence-corrected chi connectivity index (χ3v) is 2.36. The van der Waals surface area contributed by atoms with Gasteiger partial charge in [0.15, 0.2) is 0 Å². The minimum Gasteiger partial charge on any atom is -0.508 e. The van der Waals surface area contributed by atoms with Gasteiger partial charge in [0.25, 0.3) is 0 Å². The van der Waals surface area contributed by atoms with Gasteiger partial charge < -0.3 is 10.2 Å². The predicted octanol–water partition coefficient (Wildman–Crippen LogP) is 3.70. The highest BCUT2D eigenvalue weighted by molar-refractivity contribution is 5.66. The van der Waals surface area contributed by atoms with E-state index in [1.165, 1.54) is 5.56 Å². The zero-order valence-corrected chi connectivity index (χ0v) is 11.0. The normalized spacial score (nSPS) is 9.71. The predicted molar refractivity (Wildman–Crippen MR) is 69.5 cm³/mol. The van der Waals surface area contributed by atoms with Crippen LogP contribution in [0.1, 0.15) is 50.7 Å². The summed E-state index contributed by atoms with van der Waals surface area (Å²) in [5.74, 6) is 0.176. The largest absolute Gasteiger partial charge is 0.508 e. The van der Waals surface area contributed by atoms with Gasteiger partial charge in [-0.3, -0.25) is 4.79 Å². The second kappa shape index (κ2) is 7.71. The zero-order chi connectivity index (χ0) is 13.4. The lowest BCUT2D eigenvalue weighted by Gasteiger charge is -2.06. The summed E-state index contributed by atoms with van der Waals surface area (Å²) in [5.41, 5.74) is 2.13. The Morgan fingerprint density at radius 3 is 2.24 bits per heavy atom. The van der Waals surface area contributed by atoms with Gasteiger partial charge in [-0.25, -0.2) is 0 Å². The van der Waals surface area contributed by atoms with Crippen LogP contribution in [0.15, 0.2) is 18.2 Å². The first-order valence-corrected chi connectivity index (χ1v) is 5.89. The molecule has 0 aliphatic carbocycles. The summed E-state index contributed by atoms with van der Waals surface area (Å²) < 4.78 is 0. The van der Waals surface area contributed by atoms with Crippen molar-refractivity contribution in [1.29, 1.82) is 0 Å². The number of hydrogen-bond donors (Lipinski definition) is 2. The molecular weight excluding hydrogens is 216 g/mol. The zero-order valence-electron chi connectivity index (χ0n) is 11.0. The summed E-state index contributed by atoms with van der Waals surface area (Å²) >= 11 is 0. The Bertz CT molecular complexity index is 356. The van der Waals surface area contributed by atoms with Crippen molar-refractivity contribution >= 4 is 5.97 Å². The first kappa shape index (κ1) is 15.5. The Hall–Kier alpha value is -1.51. The molecule has 0 aliphatic rings. The number of phenols is 1. The SMILES string of the molecule is CCCC(=O)O.Cc1ccc(C(C)C)cc1O. The van der Waals surface area contributed by atoms with E-state index in [0.29, 0.717) is 18.1 Å². The van der Waals surface area contributed by atoms with Crippen molar-refractivity contribution in [3.63, 3.8) is 0 Å². The average molecular weight is 238 g/mol. The molecule has 96 valence electrons. The second-order valence-electron chi connectivity index (χ2n) is 4.34. The molecule has 17 heavy (non-hydrogen) atoms. The number of benzene rings is 1. The summed E-state index contributed by atoms with van der Waals surface area (Å²) in [5, 5.41) is 17.3. The number of hydrogen-bond acceptors (Lipinski definition) is 2. The lowest BCUT2D eigenvalue weighted by molar-refractivity contribution is -0.137. The fraction of sp³-hybridized carbons (Fsp3) is 0.500. The summed E-state index contributed by atoms with van der Waals surface area (Å²) in [6.45, 7) is 7.97. The van der Waals surface area contributed by atoms with E-state index in [0.717, 1.165) is 12.0 Å². The van der Waals surface area contributed by atoms with Crippen LogP contribution in [-0.2, 0) is 4.79 Å². The van der Waals surface area contributed by atoms with Crippen LogP contribution in [0.5, 0.6) is 5.75 Å². The van der Waals surface area contributed by atoms with Crippen LogP contribution in [0.3, 0.4) is 0 Å². The van der Waals surface area contributed by atoms with Crippen LogP contribution in [0.2, 0.25) is 0 Å². The molecule has 0 amide bonds. The van der Waals surface area contributed by atoms with Gasteiger partial charge >= 0.3 is 5.97 Å². The van der Waals surface area contributed by atoms with E-state index >= 15 is 0 Å². The lowest BCUT2D eigenvalue weighted by Crippen LogP contribution is -1.90. The maximum absolute atomic E-state index is 9.60. The maximum atomic E-state index is 9.60. The minimum atomic E-state index is -0.711. The first-order valence-electron chi connectivity index (χ1n) is 5.89. The standard InChI is InChI=1S/C10H14O.C4H8O2/c1-7(2)9-5-4-8(3)10(11)6-9;1-2-3-4(5)6/h4-7,11H,1-3H3;2-3H2,1H3,(H,5,6). The van der Waals surface area contributed by atoms with Gasteiger partial charge in [0.2, 0.25) is 0 Å². The van der Waals surface area contributed by atoms with Crippen LogP contribution in [0, 0.1) is 6.92 Å². The van der Waals surface area contributed by atoms with Crippen molar-refractivity contribution in [2.75, 3.05) is 0 Å². The molecule has 0 aliphatic heterocycles. The molecule has 0 fully saturated rings. The molecule has 0 atom stereocenters. The number of carboxylic acid groups (broad SMARTS) is 1. The number of aliphatic carboxylic acids is 1. The molecule has 0 spiro atoms. The molecule has 0 unspecified atom stereocenters. The average Bonchev–Trinajstić information content (AvgIpc) is 2.22. The fourth-order valence-electron chi connectivity index (χ4n) is 1.20. The Morgan fingerprint density at radius 2 is 1.94 bits per heavy atom. The second-order valence-corrected chi connectivity index (χ2v) is 4.34. The van der Waals surface area contributed by atoms with Crippen LogP contribution < -0.4 is 0 Å². The Kier molecular flexibility index (Phi) is 7.03. The monoisotopic (exact) mass is 238 g/mol. The molecule has 1 aromatic rings. The van der Waals surface area contributed by atoms with Gasteiger partial charge in [-0.15, -0.1) is 0 Å². The van der Waals surface area contributed by atoms with E-state index in [2.05, 4.69) is 19.9 Å². The summed E-state index contributed by atoms with van der Waals surface area (Å²) in [6, 6.07) is 5.84. The van der Waals surface area contributed by atoms with Crippen LogP contribution in [0.25, 0.3) is 0 Å². The number of carboxylic acids is 1. The number of phenolic OH excluding ortho intramolecular Hbond substituents is 1. The molecule has 0 heterocycles. The van der Waals surface area contributed by atoms with Crippen LogP contribution >= 0.6 is 0 Å². The van der Waals surface area contributed by atoms with Gasteiger partial charge in [0.1, 0.15) is 5.75 Å². The third kappa shape index (κ3) is 6.61. The van der Waals surface area contributed by atoms with E-state index in [1.807, 2.05) is 26.0 Å². The molecule has 0 radical (unpaired) electrons. The number of aromatic hydroxyl groups is 1. The van der Waals surface area contributed by atoms with E-state index < -0.39 is 5.97 Å². The van der Waals surface area contributed by atoms with Gasteiger partial charge in [-0.1, -0.05) is 32.9 Å². The van der Waals surface area contributed by atoms with Crippen LogP contribution in [-0.4, -0.2) is 16.2 Å². The van der Waals surface area contributed by atoms with E-state index in [1.54, 1.807) is 0 Å². The Balaban J connectivity index is 0.000000366. The molecule has 0 saturated heterocycles. The Labute approximate surface area is 103 Å². The molecule has 0 saturated carbocycles. The van der Waals surface area contributed by atoms with E-state index in [-0.39, 0.29) is 0 Å². The maximum Gasteiger partial charge on any atom is 0.303 e. The Morgan fingerprint density at radius 1 is 1.35 bits per heavy atom. The highest BCUT2D eigenvalue weighted by Gasteiger charge is 2.00. The topological polar surface area (TPSA) is 57.5 Å². The van der Waals surface area contributed by atoms with Crippen molar-refractivity contribution in [2.24, 2.45) is 0 Å². The summed E-state index contributed by atoms with van der Waals surface area (Å²) in [4.78, 5) is 9.60. The van der Waals surface area contributed by atoms with Crippen LogP contribution in [0.4, 0.5) is 0 Å². The van der Waals surface area contributed by atoms with Crippen molar-refractivity contribution in [2.45, 2.75) is 46.5 Å². The molecule has 0 aromatic heterocycles. The number of carbonyl (C=O) groups is 1. The smallest absolute Gasteiger partial charge is 0.303 e. The number of aryl methyl sites for hydroxylation is 1. The van der Waals surface area contributed by atoms with Crippen molar-refractivity contribution in [3.05, 3.63) is 29.3 Å².